The van der Waals surface area contributed by atoms with Gasteiger partial charge in [0.05, 0.1) is 5.94 Å². The standard InChI is InChI=1S/C25H52BN5O4/c1-4-5-6-7-8-9-10-11-12-13-14-17-23(32)30-21(16-15-18-29-25(27)28)24(33)31-22(26(34)35)19-20(2)3/h20-22,34-35H,4-19H2,1-3H3,(H,30,32)(H,31,33)(H4,27,28,29)/t21-,22-/m0/s1. The number of hydrogen-bond donors (Lipinski definition) is 6. The quantitative estimate of drug-likeness (QED) is 0.0583. The lowest BCUT2D eigenvalue weighted by atomic mass is 9.75. The normalized spacial score (nSPS) is 12.7. The molecule has 0 aliphatic heterocycles. The molecule has 0 radical (unpaired) electrons. The van der Waals surface area contributed by atoms with Crippen molar-refractivity contribution in [3.05, 3.63) is 0 Å². The summed E-state index contributed by atoms with van der Waals surface area (Å²) in [6.07, 6.45) is 14.9. The Labute approximate surface area is 213 Å². The summed E-state index contributed by atoms with van der Waals surface area (Å²) in [5.74, 6) is -1.26. The first-order valence-electron chi connectivity index (χ1n) is 13.7. The molecule has 0 aliphatic rings. The molecule has 9 nitrogen and oxygen atoms in total. The van der Waals surface area contributed by atoms with Crippen molar-refractivity contribution in [3.63, 3.8) is 0 Å². The van der Waals surface area contributed by atoms with E-state index in [1.54, 1.807) is 0 Å². The van der Waals surface area contributed by atoms with Gasteiger partial charge in [-0.15, -0.1) is 0 Å². The average molecular weight is 498 g/mol. The van der Waals surface area contributed by atoms with E-state index >= 15 is 0 Å². The fourth-order valence-corrected chi connectivity index (χ4v) is 4.04. The van der Waals surface area contributed by atoms with Gasteiger partial charge < -0.3 is 32.1 Å². The van der Waals surface area contributed by atoms with Gasteiger partial charge in [-0.1, -0.05) is 85.0 Å². The van der Waals surface area contributed by atoms with Crippen molar-refractivity contribution in [1.29, 1.82) is 0 Å². The summed E-state index contributed by atoms with van der Waals surface area (Å²) in [5.41, 5.74) is 10.7. The Hall–Kier alpha value is -1.81. The van der Waals surface area contributed by atoms with Gasteiger partial charge >= 0.3 is 7.12 Å². The van der Waals surface area contributed by atoms with Crippen LogP contribution in [0.5, 0.6) is 0 Å². The first-order chi connectivity index (χ1) is 16.7. The lowest BCUT2D eigenvalue weighted by molar-refractivity contribution is -0.129. The number of aliphatic imine (C=N–C) groups is 1. The van der Waals surface area contributed by atoms with Crippen LogP contribution in [0.1, 0.15) is 117 Å². The van der Waals surface area contributed by atoms with Crippen LogP contribution in [0.4, 0.5) is 0 Å². The van der Waals surface area contributed by atoms with Crippen molar-refractivity contribution in [2.45, 2.75) is 129 Å². The number of hydrogen-bond acceptors (Lipinski definition) is 5. The van der Waals surface area contributed by atoms with E-state index in [0.29, 0.717) is 32.2 Å². The Morgan fingerprint density at radius 3 is 1.89 bits per heavy atom. The molecule has 0 unspecified atom stereocenters. The number of guanidine groups is 1. The van der Waals surface area contributed by atoms with Crippen LogP contribution in [-0.2, 0) is 9.59 Å². The Balaban J connectivity index is 4.46. The average Bonchev–Trinajstić information content (AvgIpc) is 2.78. The summed E-state index contributed by atoms with van der Waals surface area (Å²) in [5, 5.41) is 24.7. The minimum Gasteiger partial charge on any atom is -0.426 e. The van der Waals surface area contributed by atoms with Crippen molar-refractivity contribution in [2.75, 3.05) is 6.54 Å². The highest BCUT2D eigenvalue weighted by Crippen LogP contribution is 2.12. The third kappa shape index (κ3) is 20.1. The van der Waals surface area contributed by atoms with Crippen LogP contribution in [0, 0.1) is 5.92 Å². The topological polar surface area (TPSA) is 163 Å². The van der Waals surface area contributed by atoms with Gasteiger partial charge in [-0.05, 0) is 31.6 Å². The molecule has 0 rings (SSSR count). The van der Waals surface area contributed by atoms with Crippen LogP contribution >= 0.6 is 0 Å². The molecule has 8 N–H and O–H groups in total. The summed E-state index contributed by atoms with van der Waals surface area (Å²) in [6.45, 7) is 6.45. The lowest BCUT2D eigenvalue weighted by Crippen LogP contribution is -2.54. The van der Waals surface area contributed by atoms with Crippen molar-refractivity contribution >= 4 is 24.9 Å². The van der Waals surface area contributed by atoms with Crippen molar-refractivity contribution in [1.82, 2.24) is 10.6 Å². The molecule has 0 aliphatic carbocycles. The second kappa shape index (κ2) is 21.5. The molecule has 0 spiro atoms. The van der Waals surface area contributed by atoms with Crippen LogP contribution in [0.15, 0.2) is 4.99 Å². The summed E-state index contributed by atoms with van der Waals surface area (Å²) < 4.78 is 0. The molecule has 0 bridgehead atoms. The van der Waals surface area contributed by atoms with Crippen LogP contribution in [0.3, 0.4) is 0 Å². The highest BCUT2D eigenvalue weighted by atomic mass is 16.4. The summed E-state index contributed by atoms with van der Waals surface area (Å²) in [4.78, 5) is 29.2. The van der Waals surface area contributed by atoms with Crippen molar-refractivity contribution in [2.24, 2.45) is 22.4 Å². The molecular weight excluding hydrogens is 445 g/mol. The second-order valence-electron chi connectivity index (χ2n) is 10.0. The highest BCUT2D eigenvalue weighted by molar-refractivity contribution is 6.43. The number of unbranched alkanes of at least 4 members (excludes halogenated alkanes) is 10. The van der Waals surface area contributed by atoms with Gasteiger partial charge in [-0.25, -0.2) is 0 Å². The fraction of sp³-hybridized carbons (Fsp3) is 0.880. The number of nitrogens with zero attached hydrogens (tertiary/aromatic N) is 1. The SMILES string of the molecule is CCCCCCCCCCCCCC(=O)N[C@@H](CCCN=C(N)N)C(=O)N[C@@H](CC(C)C)B(O)O. The predicted octanol–water partition coefficient (Wildman–Crippen LogP) is 2.77. The van der Waals surface area contributed by atoms with E-state index in [0.717, 1.165) is 19.3 Å². The minimum absolute atomic E-state index is 0.0214. The van der Waals surface area contributed by atoms with Gasteiger partial charge in [0.25, 0.3) is 0 Å². The van der Waals surface area contributed by atoms with Gasteiger partial charge in [0.2, 0.25) is 11.8 Å². The van der Waals surface area contributed by atoms with Crippen LogP contribution in [0.25, 0.3) is 0 Å². The Morgan fingerprint density at radius 1 is 0.857 bits per heavy atom. The van der Waals surface area contributed by atoms with E-state index in [-0.39, 0.29) is 17.8 Å². The third-order valence-corrected chi connectivity index (χ3v) is 6.02. The Bertz CT molecular complexity index is 586. The summed E-state index contributed by atoms with van der Waals surface area (Å²) in [6, 6.07) is -0.780. The van der Waals surface area contributed by atoms with Gasteiger partial charge in [0, 0.05) is 13.0 Å². The molecule has 204 valence electrons. The van der Waals surface area contributed by atoms with Crippen LogP contribution < -0.4 is 22.1 Å². The zero-order valence-electron chi connectivity index (χ0n) is 22.4. The molecule has 0 aromatic carbocycles. The first kappa shape index (κ1) is 33.2. The van der Waals surface area contributed by atoms with Crippen LogP contribution in [0.2, 0.25) is 0 Å². The van der Waals surface area contributed by atoms with E-state index in [9.17, 15) is 19.6 Å². The van der Waals surface area contributed by atoms with Gasteiger partial charge in [-0.3, -0.25) is 14.6 Å². The molecule has 0 aromatic heterocycles. The zero-order chi connectivity index (χ0) is 26.5. The fourth-order valence-electron chi connectivity index (χ4n) is 4.04. The molecule has 2 atom stereocenters. The van der Waals surface area contributed by atoms with E-state index in [1.165, 1.54) is 51.4 Å². The second-order valence-corrected chi connectivity index (χ2v) is 10.0. The number of amides is 2. The molecule has 35 heavy (non-hydrogen) atoms. The van der Waals surface area contributed by atoms with E-state index in [4.69, 9.17) is 11.5 Å². The Morgan fingerprint density at radius 2 is 1.40 bits per heavy atom. The van der Waals surface area contributed by atoms with E-state index in [1.807, 2.05) is 13.8 Å². The Kier molecular flexibility index (Phi) is 20.4. The molecule has 10 heteroatoms. The summed E-state index contributed by atoms with van der Waals surface area (Å²) in [7, 11) is -1.67. The monoisotopic (exact) mass is 497 g/mol. The molecule has 0 heterocycles. The van der Waals surface area contributed by atoms with Crippen molar-refractivity contribution < 1.29 is 19.6 Å². The molecular formula is C25H52BN5O4. The molecule has 0 aromatic rings. The zero-order valence-corrected chi connectivity index (χ0v) is 22.4. The number of carbonyl (C=O) groups excluding carboxylic acids is 2. The number of carbonyl (C=O) groups is 2. The molecule has 0 saturated heterocycles. The van der Waals surface area contributed by atoms with Crippen molar-refractivity contribution in [3.8, 4) is 0 Å². The van der Waals surface area contributed by atoms with Gasteiger partial charge in [-0.2, -0.15) is 0 Å². The number of rotatable bonds is 22. The molecule has 0 saturated carbocycles. The maximum absolute atomic E-state index is 12.8. The maximum Gasteiger partial charge on any atom is 0.475 e. The first-order valence-corrected chi connectivity index (χ1v) is 13.7. The van der Waals surface area contributed by atoms with Gasteiger partial charge in [0.1, 0.15) is 6.04 Å². The van der Waals surface area contributed by atoms with E-state index in [2.05, 4.69) is 22.5 Å². The minimum atomic E-state index is -1.67. The summed E-state index contributed by atoms with van der Waals surface area (Å²) >= 11 is 0. The molecule has 0 fully saturated rings. The number of nitrogens with two attached hydrogens (primary N) is 2. The highest BCUT2D eigenvalue weighted by Gasteiger charge is 2.29. The maximum atomic E-state index is 12.8. The largest absolute Gasteiger partial charge is 0.475 e. The van der Waals surface area contributed by atoms with E-state index < -0.39 is 25.0 Å². The third-order valence-electron chi connectivity index (χ3n) is 6.02. The number of nitrogens with one attached hydrogen (secondary N) is 2. The smallest absolute Gasteiger partial charge is 0.426 e. The lowest BCUT2D eigenvalue weighted by Gasteiger charge is -2.24. The molecule has 2 amide bonds. The predicted molar refractivity (Wildman–Crippen MR) is 144 cm³/mol. The van der Waals surface area contributed by atoms with Gasteiger partial charge in [0.15, 0.2) is 5.96 Å². The van der Waals surface area contributed by atoms with Crippen LogP contribution in [-0.4, -0.2) is 53.5 Å².